The lowest BCUT2D eigenvalue weighted by Gasteiger charge is -1.97. The van der Waals surface area contributed by atoms with Gasteiger partial charge in [0.2, 0.25) is 0 Å². The van der Waals surface area contributed by atoms with E-state index in [4.69, 9.17) is 0 Å². The molecule has 12 heavy (non-hydrogen) atoms. The van der Waals surface area contributed by atoms with Gasteiger partial charge in [0, 0.05) is 5.92 Å². The third-order valence-electron chi connectivity index (χ3n) is 2.83. The van der Waals surface area contributed by atoms with Crippen molar-refractivity contribution in [3.05, 3.63) is 0 Å². The molecule has 2 atom stereocenters. The van der Waals surface area contributed by atoms with Gasteiger partial charge in [-0.1, -0.05) is 39.0 Å². The van der Waals surface area contributed by atoms with E-state index >= 15 is 0 Å². The number of carbonyl (C=O) groups excluding carboxylic acids is 1. The molecule has 0 saturated heterocycles. The molecule has 70 valence electrons. The van der Waals surface area contributed by atoms with E-state index in [2.05, 4.69) is 6.92 Å². The minimum Gasteiger partial charge on any atom is -0.303 e. The van der Waals surface area contributed by atoms with E-state index in [1.807, 2.05) is 0 Å². The third-order valence-corrected chi connectivity index (χ3v) is 2.83. The van der Waals surface area contributed by atoms with Gasteiger partial charge in [0.15, 0.2) is 0 Å². The summed E-state index contributed by atoms with van der Waals surface area (Å²) in [6.45, 7) is 2.24. The van der Waals surface area contributed by atoms with Crippen molar-refractivity contribution in [2.45, 2.75) is 51.9 Å². The molecule has 0 unspecified atom stereocenters. The molecule has 0 aromatic carbocycles. The first kappa shape index (κ1) is 9.76. The molecule has 0 aliphatic heterocycles. The van der Waals surface area contributed by atoms with Crippen LogP contribution in [0.2, 0.25) is 0 Å². The van der Waals surface area contributed by atoms with Gasteiger partial charge in [0.25, 0.3) is 0 Å². The van der Waals surface area contributed by atoms with E-state index in [1.165, 1.54) is 44.9 Å². The zero-order valence-corrected chi connectivity index (χ0v) is 8.09. The molecule has 0 aromatic rings. The Kier molecular flexibility index (Phi) is 4.34. The van der Waals surface area contributed by atoms with Crippen LogP contribution >= 0.6 is 0 Å². The lowest BCUT2D eigenvalue weighted by Crippen LogP contribution is -1.84. The van der Waals surface area contributed by atoms with Crippen LogP contribution in [0.5, 0.6) is 0 Å². The Morgan fingerprint density at radius 3 is 2.58 bits per heavy atom. The zero-order valence-electron chi connectivity index (χ0n) is 8.09. The Balaban J connectivity index is 1.81. The molecule has 0 amide bonds. The number of aldehydes is 1. The molecular weight excluding hydrogens is 148 g/mol. The highest BCUT2D eigenvalue weighted by Crippen LogP contribution is 2.40. The molecule has 1 rings (SSSR count). The molecular formula is C11H20O. The average molecular weight is 168 g/mol. The monoisotopic (exact) mass is 168 g/mol. The van der Waals surface area contributed by atoms with E-state index in [1.54, 1.807) is 0 Å². The van der Waals surface area contributed by atoms with E-state index in [9.17, 15) is 4.79 Å². The predicted molar refractivity (Wildman–Crippen MR) is 51.0 cm³/mol. The first-order valence-electron chi connectivity index (χ1n) is 5.33. The number of hydrogen-bond donors (Lipinski definition) is 0. The van der Waals surface area contributed by atoms with Crippen LogP contribution in [0.3, 0.4) is 0 Å². The summed E-state index contributed by atoms with van der Waals surface area (Å²) in [5, 5.41) is 0. The van der Waals surface area contributed by atoms with Crippen molar-refractivity contribution in [2.75, 3.05) is 0 Å². The summed E-state index contributed by atoms with van der Waals surface area (Å²) >= 11 is 0. The summed E-state index contributed by atoms with van der Waals surface area (Å²) in [6, 6.07) is 0. The van der Waals surface area contributed by atoms with Gasteiger partial charge in [-0.3, -0.25) is 0 Å². The van der Waals surface area contributed by atoms with Crippen LogP contribution in [0.15, 0.2) is 0 Å². The van der Waals surface area contributed by atoms with Crippen LogP contribution in [0.1, 0.15) is 51.9 Å². The number of carbonyl (C=O) groups is 1. The van der Waals surface area contributed by atoms with Gasteiger partial charge >= 0.3 is 0 Å². The Morgan fingerprint density at radius 1 is 1.25 bits per heavy atom. The smallest absolute Gasteiger partial charge is 0.123 e. The van der Waals surface area contributed by atoms with Crippen molar-refractivity contribution >= 4 is 6.29 Å². The molecule has 1 nitrogen and oxygen atoms in total. The second-order valence-electron chi connectivity index (χ2n) is 4.00. The third kappa shape index (κ3) is 3.38. The fourth-order valence-corrected chi connectivity index (χ4v) is 1.78. The number of rotatable bonds is 7. The first-order valence-corrected chi connectivity index (χ1v) is 5.33. The van der Waals surface area contributed by atoms with Gasteiger partial charge in [0.05, 0.1) is 0 Å². The van der Waals surface area contributed by atoms with Crippen LogP contribution in [0.4, 0.5) is 0 Å². The second kappa shape index (κ2) is 5.34. The largest absolute Gasteiger partial charge is 0.303 e. The molecule has 0 N–H and O–H groups in total. The van der Waals surface area contributed by atoms with E-state index in [-0.39, 0.29) is 0 Å². The zero-order chi connectivity index (χ0) is 8.81. The molecule has 0 aromatic heterocycles. The van der Waals surface area contributed by atoms with E-state index in [0.717, 1.165) is 12.2 Å². The van der Waals surface area contributed by atoms with Crippen LogP contribution in [0, 0.1) is 11.8 Å². The predicted octanol–water partition coefficient (Wildman–Crippen LogP) is 3.18. The minimum atomic E-state index is 0.441. The molecule has 0 radical (unpaired) electrons. The van der Waals surface area contributed by atoms with Crippen LogP contribution in [0.25, 0.3) is 0 Å². The summed E-state index contributed by atoms with van der Waals surface area (Å²) in [6.07, 6.45) is 10.4. The normalized spacial score (nSPS) is 27.1. The topological polar surface area (TPSA) is 17.1 Å². The van der Waals surface area contributed by atoms with Crippen LogP contribution in [-0.4, -0.2) is 6.29 Å². The van der Waals surface area contributed by atoms with Gasteiger partial charge < -0.3 is 4.79 Å². The van der Waals surface area contributed by atoms with Gasteiger partial charge in [-0.15, -0.1) is 0 Å². The molecule has 1 aliphatic carbocycles. The van der Waals surface area contributed by atoms with Crippen molar-refractivity contribution in [1.82, 2.24) is 0 Å². The molecule has 0 bridgehead atoms. The van der Waals surface area contributed by atoms with Crippen LogP contribution < -0.4 is 0 Å². The maximum Gasteiger partial charge on any atom is 0.123 e. The maximum atomic E-state index is 10.3. The molecule has 0 spiro atoms. The van der Waals surface area contributed by atoms with Crippen molar-refractivity contribution in [1.29, 1.82) is 0 Å². The molecule has 1 fully saturated rings. The molecule has 0 heterocycles. The average Bonchev–Trinajstić information content (AvgIpc) is 2.83. The Hall–Kier alpha value is -0.330. The minimum absolute atomic E-state index is 0.441. The van der Waals surface area contributed by atoms with Crippen molar-refractivity contribution in [3.63, 3.8) is 0 Å². The summed E-state index contributed by atoms with van der Waals surface area (Å²) < 4.78 is 0. The SMILES string of the molecule is CCCCCCC[C@H]1C[C@@H]1C=O. The van der Waals surface area contributed by atoms with Crippen molar-refractivity contribution in [3.8, 4) is 0 Å². The Morgan fingerprint density at radius 2 is 2.00 bits per heavy atom. The number of unbranched alkanes of at least 4 members (excludes halogenated alkanes) is 4. The van der Waals surface area contributed by atoms with Crippen molar-refractivity contribution in [2.24, 2.45) is 11.8 Å². The lowest BCUT2D eigenvalue weighted by molar-refractivity contribution is -0.109. The van der Waals surface area contributed by atoms with Gasteiger partial charge in [0.1, 0.15) is 6.29 Å². The highest BCUT2D eigenvalue weighted by molar-refractivity contribution is 5.58. The fraction of sp³-hybridized carbons (Fsp3) is 0.909. The second-order valence-corrected chi connectivity index (χ2v) is 4.00. The summed E-state index contributed by atoms with van der Waals surface area (Å²) in [4.78, 5) is 10.3. The van der Waals surface area contributed by atoms with Gasteiger partial charge in [-0.25, -0.2) is 0 Å². The standard InChI is InChI=1S/C11H20O/c1-2-3-4-5-6-7-10-8-11(10)9-12/h9-11H,2-8H2,1H3/t10-,11+/m0/s1. The Bertz CT molecular complexity index is 131. The van der Waals surface area contributed by atoms with E-state index < -0.39 is 0 Å². The van der Waals surface area contributed by atoms with Gasteiger partial charge in [-0.2, -0.15) is 0 Å². The fourth-order valence-electron chi connectivity index (χ4n) is 1.78. The maximum absolute atomic E-state index is 10.3. The molecule has 1 heteroatoms. The van der Waals surface area contributed by atoms with E-state index in [0.29, 0.717) is 5.92 Å². The lowest BCUT2D eigenvalue weighted by atomic mass is 10.1. The van der Waals surface area contributed by atoms with Gasteiger partial charge in [-0.05, 0) is 18.8 Å². The summed E-state index contributed by atoms with van der Waals surface area (Å²) in [7, 11) is 0. The molecule has 1 saturated carbocycles. The summed E-state index contributed by atoms with van der Waals surface area (Å²) in [5.74, 6) is 1.21. The highest BCUT2D eigenvalue weighted by Gasteiger charge is 2.35. The number of hydrogen-bond acceptors (Lipinski definition) is 1. The molecule has 1 aliphatic rings. The quantitative estimate of drug-likeness (QED) is 0.421. The van der Waals surface area contributed by atoms with Crippen LogP contribution in [-0.2, 0) is 4.79 Å². The summed E-state index contributed by atoms with van der Waals surface area (Å²) in [5.41, 5.74) is 0. The highest BCUT2D eigenvalue weighted by atomic mass is 16.1. The first-order chi connectivity index (χ1) is 5.88. The van der Waals surface area contributed by atoms with Crippen molar-refractivity contribution < 1.29 is 4.79 Å². The Labute approximate surface area is 75.5 Å².